The van der Waals surface area contributed by atoms with Crippen LogP contribution in [0.3, 0.4) is 0 Å². The van der Waals surface area contributed by atoms with Crippen molar-refractivity contribution < 1.29 is 0 Å². The van der Waals surface area contributed by atoms with Gasteiger partial charge in [-0.3, -0.25) is 0 Å². The SMILES string of the molecule is [B]c1ccc2c3ccc(-c4ccccc4)cc3n(-c3ccccc3)c2c1. The second kappa shape index (κ2) is 5.92. The molecule has 26 heavy (non-hydrogen) atoms. The maximum atomic E-state index is 6.10. The standard InChI is InChI=1S/C24H16BN/c25-19-12-14-22-21-13-11-18(17-7-3-1-4-8-17)15-23(21)26(24(22)16-19)20-9-5-2-6-10-20/h1-16H. The van der Waals surface area contributed by atoms with Crippen molar-refractivity contribution in [1.82, 2.24) is 4.57 Å². The van der Waals surface area contributed by atoms with Crippen LogP contribution in [0.25, 0.3) is 38.6 Å². The second-order valence-corrected chi connectivity index (χ2v) is 6.55. The fraction of sp³-hybridized carbons (Fsp3) is 0. The first-order valence-corrected chi connectivity index (χ1v) is 8.76. The molecule has 0 unspecified atom stereocenters. The van der Waals surface area contributed by atoms with Crippen LogP contribution in [0, 0.1) is 0 Å². The van der Waals surface area contributed by atoms with Crippen molar-refractivity contribution in [1.29, 1.82) is 0 Å². The topological polar surface area (TPSA) is 4.93 Å². The Morgan fingerprint density at radius 3 is 1.88 bits per heavy atom. The number of aromatic nitrogens is 1. The fourth-order valence-corrected chi connectivity index (χ4v) is 3.70. The molecular formula is C24H16BN. The number of hydrogen-bond acceptors (Lipinski definition) is 0. The normalized spacial score (nSPS) is 11.2. The number of fused-ring (bicyclic) bond motifs is 3. The van der Waals surface area contributed by atoms with Gasteiger partial charge in [0.15, 0.2) is 0 Å². The lowest BCUT2D eigenvalue weighted by molar-refractivity contribution is 1.18. The lowest BCUT2D eigenvalue weighted by Gasteiger charge is -2.09. The number of nitrogens with zero attached hydrogens (tertiary/aromatic N) is 1. The van der Waals surface area contributed by atoms with Crippen LogP contribution in [0.4, 0.5) is 0 Å². The summed E-state index contributed by atoms with van der Waals surface area (Å²) in [6, 6.07) is 33.8. The van der Waals surface area contributed by atoms with Gasteiger partial charge in [-0.2, -0.15) is 0 Å². The molecule has 0 spiro atoms. The largest absolute Gasteiger partial charge is 0.309 e. The molecule has 1 aromatic heterocycles. The Hall–Kier alpha value is -3.26. The van der Waals surface area contributed by atoms with Crippen molar-refractivity contribution in [2.24, 2.45) is 0 Å². The first kappa shape index (κ1) is 15.0. The van der Waals surface area contributed by atoms with Gasteiger partial charge in [0, 0.05) is 16.5 Å². The lowest BCUT2D eigenvalue weighted by Crippen LogP contribution is -2.02. The lowest BCUT2D eigenvalue weighted by atomic mass is 9.95. The van der Waals surface area contributed by atoms with Crippen molar-refractivity contribution in [2.45, 2.75) is 0 Å². The summed E-state index contributed by atoms with van der Waals surface area (Å²) in [6.07, 6.45) is 0. The predicted octanol–water partition coefficient (Wildman–Crippen LogP) is 5.24. The van der Waals surface area contributed by atoms with Gasteiger partial charge in [-0.15, -0.1) is 0 Å². The Balaban J connectivity index is 1.89. The van der Waals surface area contributed by atoms with E-state index in [4.69, 9.17) is 7.85 Å². The zero-order valence-electron chi connectivity index (χ0n) is 14.3. The summed E-state index contributed by atoms with van der Waals surface area (Å²) in [5.41, 5.74) is 6.68. The van der Waals surface area contributed by atoms with Gasteiger partial charge in [-0.25, -0.2) is 0 Å². The van der Waals surface area contributed by atoms with Gasteiger partial charge >= 0.3 is 0 Å². The first-order valence-electron chi connectivity index (χ1n) is 8.76. The maximum Gasteiger partial charge on any atom is 0.113 e. The highest BCUT2D eigenvalue weighted by molar-refractivity contribution is 6.33. The quantitative estimate of drug-likeness (QED) is 0.390. The molecule has 0 aliphatic carbocycles. The minimum atomic E-state index is 0.778. The van der Waals surface area contributed by atoms with E-state index >= 15 is 0 Å². The van der Waals surface area contributed by atoms with Crippen LogP contribution in [-0.2, 0) is 0 Å². The van der Waals surface area contributed by atoms with Crippen LogP contribution < -0.4 is 5.46 Å². The molecule has 0 bridgehead atoms. The van der Waals surface area contributed by atoms with E-state index in [2.05, 4.69) is 83.4 Å². The van der Waals surface area contributed by atoms with Gasteiger partial charge in [0.1, 0.15) is 7.85 Å². The summed E-state index contributed by atoms with van der Waals surface area (Å²) in [7, 11) is 6.10. The molecule has 0 atom stereocenters. The maximum absolute atomic E-state index is 6.10. The van der Waals surface area contributed by atoms with E-state index in [-0.39, 0.29) is 0 Å². The van der Waals surface area contributed by atoms with Crippen molar-refractivity contribution in [3.8, 4) is 16.8 Å². The molecule has 0 saturated carbocycles. The third-order valence-corrected chi connectivity index (χ3v) is 4.91. The molecule has 2 radical (unpaired) electrons. The fourth-order valence-electron chi connectivity index (χ4n) is 3.70. The van der Waals surface area contributed by atoms with Crippen LogP contribution in [0.15, 0.2) is 97.1 Å². The van der Waals surface area contributed by atoms with Crippen molar-refractivity contribution in [3.63, 3.8) is 0 Å². The van der Waals surface area contributed by atoms with Crippen molar-refractivity contribution in [2.75, 3.05) is 0 Å². The summed E-state index contributed by atoms with van der Waals surface area (Å²) >= 11 is 0. The number of hydrogen-bond donors (Lipinski definition) is 0. The van der Waals surface area contributed by atoms with Crippen molar-refractivity contribution >= 4 is 35.1 Å². The van der Waals surface area contributed by atoms with Crippen LogP contribution in [0.1, 0.15) is 0 Å². The monoisotopic (exact) mass is 329 g/mol. The van der Waals surface area contributed by atoms with E-state index in [0.29, 0.717) is 0 Å². The van der Waals surface area contributed by atoms with E-state index < -0.39 is 0 Å². The Kier molecular flexibility index (Phi) is 3.43. The van der Waals surface area contributed by atoms with Crippen molar-refractivity contribution in [3.05, 3.63) is 97.1 Å². The third-order valence-electron chi connectivity index (χ3n) is 4.91. The van der Waals surface area contributed by atoms with Crippen LogP contribution in [-0.4, -0.2) is 12.4 Å². The summed E-state index contributed by atoms with van der Waals surface area (Å²) < 4.78 is 2.30. The van der Waals surface area contributed by atoms with Crippen LogP contribution >= 0.6 is 0 Å². The highest BCUT2D eigenvalue weighted by atomic mass is 15.0. The Morgan fingerprint density at radius 2 is 1.15 bits per heavy atom. The summed E-state index contributed by atoms with van der Waals surface area (Å²) in [4.78, 5) is 0. The molecule has 0 aliphatic rings. The summed E-state index contributed by atoms with van der Waals surface area (Å²) in [5, 5.41) is 2.46. The summed E-state index contributed by atoms with van der Waals surface area (Å²) in [5.74, 6) is 0. The van der Waals surface area contributed by atoms with E-state index in [9.17, 15) is 0 Å². The molecule has 0 fully saturated rings. The zero-order chi connectivity index (χ0) is 17.5. The van der Waals surface area contributed by atoms with Gasteiger partial charge in [-0.05, 0) is 35.4 Å². The van der Waals surface area contributed by atoms with Gasteiger partial charge in [0.2, 0.25) is 0 Å². The molecule has 0 aliphatic heterocycles. The zero-order valence-corrected chi connectivity index (χ0v) is 14.3. The second-order valence-electron chi connectivity index (χ2n) is 6.55. The van der Waals surface area contributed by atoms with Crippen LogP contribution in [0.5, 0.6) is 0 Å². The molecule has 0 N–H and O–H groups in total. The Labute approximate surface area is 153 Å². The molecule has 0 amide bonds. The average molecular weight is 329 g/mol. The molecule has 4 aromatic carbocycles. The number of benzene rings is 4. The van der Waals surface area contributed by atoms with E-state index in [1.165, 1.54) is 27.4 Å². The minimum Gasteiger partial charge on any atom is -0.309 e. The van der Waals surface area contributed by atoms with E-state index in [0.717, 1.165) is 16.7 Å². The molecular weight excluding hydrogens is 313 g/mol. The first-order chi connectivity index (χ1) is 12.8. The van der Waals surface area contributed by atoms with Gasteiger partial charge < -0.3 is 4.57 Å². The summed E-state index contributed by atoms with van der Waals surface area (Å²) in [6.45, 7) is 0. The molecule has 5 rings (SSSR count). The molecule has 2 heteroatoms. The third kappa shape index (κ3) is 2.34. The Bertz CT molecular complexity index is 1220. The minimum absolute atomic E-state index is 0.778. The average Bonchev–Trinajstić information content (AvgIpc) is 3.02. The Morgan fingerprint density at radius 1 is 0.538 bits per heavy atom. The van der Waals surface area contributed by atoms with Gasteiger partial charge in [0.25, 0.3) is 0 Å². The van der Waals surface area contributed by atoms with E-state index in [1.807, 2.05) is 18.2 Å². The predicted molar refractivity (Wildman–Crippen MR) is 112 cm³/mol. The highest BCUT2D eigenvalue weighted by Gasteiger charge is 2.13. The number of rotatable bonds is 2. The van der Waals surface area contributed by atoms with Gasteiger partial charge in [0.05, 0.1) is 11.0 Å². The smallest absolute Gasteiger partial charge is 0.113 e. The molecule has 1 heterocycles. The molecule has 1 nitrogen and oxygen atoms in total. The number of para-hydroxylation sites is 1. The van der Waals surface area contributed by atoms with Crippen LogP contribution in [0.2, 0.25) is 0 Å². The van der Waals surface area contributed by atoms with Gasteiger partial charge in [-0.1, -0.05) is 78.3 Å². The van der Waals surface area contributed by atoms with E-state index in [1.54, 1.807) is 0 Å². The molecule has 5 aromatic rings. The molecule has 120 valence electrons. The molecule has 0 saturated heterocycles. The highest BCUT2D eigenvalue weighted by Crippen LogP contribution is 2.34.